The molecular weight excluding hydrogens is 548 g/mol. The van der Waals surface area contributed by atoms with Gasteiger partial charge >= 0.3 is 14.4 Å². The highest BCUT2D eigenvalue weighted by Crippen LogP contribution is 2.43. The summed E-state index contributed by atoms with van der Waals surface area (Å²) in [5.74, 6) is -1.18. The van der Waals surface area contributed by atoms with Gasteiger partial charge in [-0.15, -0.1) is 0 Å². The predicted molar refractivity (Wildman–Crippen MR) is 130 cm³/mol. The first kappa shape index (κ1) is 28.6. The van der Waals surface area contributed by atoms with Crippen molar-refractivity contribution in [2.45, 2.75) is 57.7 Å². The number of imidazole rings is 1. The minimum absolute atomic E-state index is 0.0901. The molecule has 0 saturated heterocycles. The van der Waals surface area contributed by atoms with Crippen molar-refractivity contribution in [1.29, 1.82) is 0 Å². The van der Waals surface area contributed by atoms with Crippen molar-refractivity contribution >= 4 is 19.4 Å². The fraction of sp³-hybridized carbons (Fsp3) is 0.435. The Morgan fingerprint density at radius 3 is 2.46 bits per heavy atom. The molecule has 2 heterocycles. The molecule has 212 valence electrons. The van der Waals surface area contributed by atoms with Gasteiger partial charge in [0.2, 0.25) is 0 Å². The Kier molecular flexibility index (Phi) is 7.81. The van der Waals surface area contributed by atoms with Gasteiger partial charge < -0.3 is 29.3 Å². The van der Waals surface area contributed by atoms with Crippen LogP contribution in [0.15, 0.2) is 30.6 Å². The lowest BCUT2D eigenvalue weighted by atomic mass is 10.0. The molecule has 3 aromatic rings. The van der Waals surface area contributed by atoms with E-state index in [-0.39, 0.29) is 34.7 Å². The third-order valence-electron chi connectivity index (χ3n) is 6.04. The van der Waals surface area contributed by atoms with Crippen LogP contribution in [-0.2, 0) is 9.09 Å². The second-order valence-corrected chi connectivity index (χ2v) is 10.5. The molecule has 39 heavy (non-hydrogen) atoms. The quantitative estimate of drug-likeness (QED) is 0.290. The number of phosphoric acid groups is 1. The molecule has 1 aliphatic rings. The number of phosphoric ester groups is 1. The van der Waals surface area contributed by atoms with Crippen LogP contribution in [0.2, 0.25) is 0 Å². The molecule has 3 atom stereocenters. The van der Waals surface area contributed by atoms with E-state index in [1.807, 2.05) is 0 Å². The third-order valence-corrected chi connectivity index (χ3v) is 6.74. The standard InChI is InChI=1S/C23H26F3N4O8P/c1-11(23(2,3)38-39(32,33)34)36-13-7-19-27-10-16(30(19)28-9-13)12-5-17(35-4)20(18(6-12)37-22(25)26)21(31)29-15-8-14(15)24/h5-7,9-11,14-15,22H,8H2,1-4H3,(H,29,31)(H2,32,33,34)/t11-,14-,15?/m0/s1. The van der Waals surface area contributed by atoms with E-state index in [2.05, 4.69) is 20.1 Å². The molecule has 4 rings (SSSR count). The van der Waals surface area contributed by atoms with Gasteiger partial charge in [0.25, 0.3) is 5.91 Å². The number of hydrogen-bond acceptors (Lipinski definition) is 8. The lowest BCUT2D eigenvalue weighted by Gasteiger charge is -2.31. The van der Waals surface area contributed by atoms with Crippen LogP contribution in [0, 0.1) is 0 Å². The summed E-state index contributed by atoms with van der Waals surface area (Å²) in [6.07, 6.45) is 0.827. The van der Waals surface area contributed by atoms with E-state index in [0.717, 1.165) is 0 Å². The van der Waals surface area contributed by atoms with E-state index < -0.39 is 50.0 Å². The molecular formula is C23H26F3N4O8P. The van der Waals surface area contributed by atoms with Gasteiger partial charge in [-0.25, -0.2) is 18.5 Å². The number of halogens is 3. The van der Waals surface area contributed by atoms with Gasteiger partial charge in [-0.3, -0.25) is 9.32 Å². The first-order valence-electron chi connectivity index (χ1n) is 11.6. The largest absolute Gasteiger partial charge is 0.496 e. The molecule has 0 radical (unpaired) electrons. The summed E-state index contributed by atoms with van der Waals surface area (Å²) in [6, 6.07) is 3.40. The summed E-state index contributed by atoms with van der Waals surface area (Å²) < 4.78 is 72.9. The Bertz CT molecular complexity index is 1430. The molecule has 1 aliphatic carbocycles. The molecule has 1 fully saturated rings. The number of hydrogen-bond donors (Lipinski definition) is 3. The van der Waals surface area contributed by atoms with E-state index in [9.17, 15) is 22.5 Å². The van der Waals surface area contributed by atoms with Crippen LogP contribution >= 0.6 is 7.82 Å². The van der Waals surface area contributed by atoms with E-state index in [1.165, 1.54) is 56.1 Å². The van der Waals surface area contributed by atoms with Gasteiger partial charge in [0, 0.05) is 18.1 Å². The zero-order valence-corrected chi connectivity index (χ0v) is 22.1. The molecule has 0 spiro atoms. The third kappa shape index (κ3) is 6.61. The average molecular weight is 574 g/mol. The highest BCUT2D eigenvalue weighted by molar-refractivity contribution is 7.46. The summed E-state index contributed by atoms with van der Waals surface area (Å²) in [6.45, 7) is 1.20. The number of alkyl halides is 3. The molecule has 1 aromatic carbocycles. The number of carbonyl (C=O) groups excluding carboxylic acids is 1. The highest BCUT2D eigenvalue weighted by Gasteiger charge is 2.40. The van der Waals surface area contributed by atoms with Gasteiger partial charge in [0.1, 0.15) is 40.7 Å². The smallest absolute Gasteiger partial charge is 0.470 e. The van der Waals surface area contributed by atoms with Gasteiger partial charge in [0.05, 0.1) is 31.2 Å². The predicted octanol–water partition coefficient (Wildman–Crippen LogP) is 3.50. The second kappa shape index (κ2) is 10.6. The Morgan fingerprint density at radius 2 is 1.87 bits per heavy atom. The molecule has 12 nitrogen and oxygen atoms in total. The molecule has 1 amide bonds. The van der Waals surface area contributed by atoms with Crippen molar-refractivity contribution < 1.29 is 51.1 Å². The van der Waals surface area contributed by atoms with Crippen molar-refractivity contribution in [2.75, 3.05) is 7.11 Å². The van der Waals surface area contributed by atoms with Gasteiger partial charge in [-0.2, -0.15) is 13.9 Å². The first-order chi connectivity index (χ1) is 18.2. The Morgan fingerprint density at radius 1 is 1.21 bits per heavy atom. The SMILES string of the molecule is COc1cc(-c2cnc3cc(O[C@@H](C)C(C)(C)OP(=O)(O)O)cnn23)cc(OC(F)F)c1C(=O)NC1C[C@@H]1F. The maximum Gasteiger partial charge on any atom is 0.470 e. The maximum absolute atomic E-state index is 13.3. The molecule has 1 unspecified atom stereocenters. The molecule has 2 aromatic heterocycles. The van der Waals surface area contributed by atoms with Crippen LogP contribution in [-0.4, -0.2) is 67.9 Å². The normalized spacial score (nSPS) is 18.2. The fourth-order valence-electron chi connectivity index (χ4n) is 3.71. The summed E-state index contributed by atoms with van der Waals surface area (Å²) in [5, 5.41) is 6.69. The van der Waals surface area contributed by atoms with Gasteiger partial charge in [-0.05, 0) is 32.9 Å². The van der Waals surface area contributed by atoms with Crippen molar-refractivity contribution in [2.24, 2.45) is 0 Å². The van der Waals surface area contributed by atoms with Gasteiger partial charge in [0.15, 0.2) is 5.65 Å². The van der Waals surface area contributed by atoms with E-state index >= 15 is 0 Å². The van der Waals surface area contributed by atoms with Crippen LogP contribution in [0.3, 0.4) is 0 Å². The number of nitrogens with zero attached hydrogens (tertiary/aromatic N) is 3. The van der Waals surface area contributed by atoms with E-state index in [0.29, 0.717) is 5.69 Å². The average Bonchev–Trinajstić information content (AvgIpc) is 3.33. The van der Waals surface area contributed by atoms with Crippen molar-refractivity contribution in [3.05, 3.63) is 36.2 Å². The Hall–Kier alpha value is -3.39. The zero-order chi connectivity index (χ0) is 28.7. The second-order valence-electron chi connectivity index (χ2n) is 9.31. The Labute approximate surface area is 220 Å². The summed E-state index contributed by atoms with van der Waals surface area (Å²) >= 11 is 0. The monoisotopic (exact) mass is 574 g/mol. The van der Waals surface area contributed by atoms with Crippen LogP contribution < -0.4 is 19.5 Å². The zero-order valence-electron chi connectivity index (χ0n) is 21.2. The molecule has 0 aliphatic heterocycles. The fourth-order valence-corrected chi connectivity index (χ4v) is 4.47. The number of aromatic nitrogens is 3. The highest BCUT2D eigenvalue weighted by atomic mass is 31.2. The molecule has 1 saturated carbocycles. The number of rotatable bonds is 11. The van der Waals surface area contributed by atoms with E-state index in [4.69, 9.17) is 23.8 Å². The summed E-state index contributed by atoms with van der Waals surface area (Å²) in [7, 11) is -3.53. The minimum Gasteiger partial charge on any atom is -0.496 e. The van der Waals surface area contributed by atoms with Crippen LogP contribution in [0.4, 0.5) is 13.2 Å². The van der Waals surface area contributed by atoms with E-state index in [1.54, 1.807) is 6.92 Å². The lowest BCUT2D eigenvalue weighted by Crippen LogP contribution is -2.40. The van der Waals surface area contributed by atoms with Crippen LogP contribution in [0.25, 0.3) is 16.9 Å². The number of ether oxygens (including phenoxy) is 3. The number of benzene rings is 1. The van der Waals surface area contributed by atoms with Crippen LogP contribution in [0.5, 0.6) is 17.2 Å². The minimum atomic E-state index is -4.77. The molecule has 3 N–H and O–H groups in total. The maximum atomic E-state index is 13.3. The van der Waals surface area contributed by atoms with Crippen molar-refractivity contribution in [3.8, 4) is 28.5 Å². The lowest BCUT2D eigenvalue weighted by molar-refractivity contribution is -0.0502. The number of carbonyl (C=O) groups is 1. The molecule has 0 bridgehead atoms. The van der Waals surface area contributed by atoms with Crippen molar-refractivity contribution in [1.82, 2.24) is 19.9 Å². The number of methoxy groups -OCH3 is 1. The number of amides is 1. The van der Waals surface area contributed by atoms with Gasteiger partial charge in [-0.1, -0.05) is 0 Å². The summed E-state index contributed by atoms with van der Waals surface area (Å²) in [5.41, 5.74) is -0.796. The summed E-state index contributed by atoms with van der Waals surface area (Å²) in [4.78, 5) is 35.3. The van der Waals surface area contributed by atoms with Crippen molar-refractivity contribution in [3.63, 3.8) is 0 Å². The topological polar surface area (TPSA) is 154 Å². The van der Waals surface area contributed by atoms with Crippen LogP contribution in [0.1, 0.15) is 37.6 Å². The number of nitrogens with one attached hydrogen (secondary N) is 1. The first-order valence-corrected chi connectivity index (χ1v) is 13.1. The Balaban J connectivity index is 1.66. The molecule has 16 heteroatoms. The number of fused-ring (bicyclic) bond motifs is 1.